The molecule has 5 rings (SSSR count). The third kappa shape index (κ3) is 3.41. The number of carbonyl (C=O) groups is 1. The Kier molecular flexibility index (Phi) is 4.38. The molecule has 1 amide bonds. The minimum Gasteiger partial charge on any atom is -0.454 e. The average Bonchev–Trinajstić information content (AvgIpc) is 3.42. The first-order valence-electron chi connectivity index (χ1n) is 9.46. The molecule has 7 nitrogen and oxygen atoms in total. The van der Waals surface area contributed by atoms with Crippen LogP contribution in [0, 0.1) is 5.82 Å². The molecule has 0 saturated carbocycles. The molecule has 0 unspecified atom stereocenters. The molecule has 0 radical (unpaired) electrons. The molecule has 2 aliphatic heterocycles. The second-order valence-corrected chi connectivity index (χ2v) is 7.10. The van der Waals surface area contributed by atoms with Gasteiger partial charge in [-0.15, -0.1) is 0 Å². The Morgan fingerprint density at radius 2 is 1.90 bits per heavy atom. The van der Waals surface area contributed by atoms with E-state index in [4.69, 9.17) is 14.0 Å². The van der Waals surface area contributed by atoms with Gasteiger partial charge in [0.2, 0.25) is 18.5 Å². The zero-order valence-corrected chi connectivity index (χ0v) is 15.5. The zero-order valence-electron chi connectivity index (χ0n) is 15.5. The van der Waals surface area contributed by atoms with Crippen LogP contribution in [0.3, 0.4) is 0 Å². The van der Waals surface area contributed by atoms with Gasteiger partial charge in [-0.2, -0.15) is 4.98 Å². The standard InChI is InChI=1S/C21H18FN3O4/c22-16-3-1-2-15(10-16)21(26)25-8-6-13(7-9-25)20-23-19(24-29-20)14-4-5-17-18(11-14)28-12-27-17/h1-5,10-11,13H,6-9,12H2. The van der Waals surface area contributed by atoms with Gasteiger partial charge in [-0.05, 0) is 49.2 Å². The van der Waals surface area contributed by atoms with Crippen LogP contribution < -0.4 is 9.47 Å². The first-order chi connectivity index (χ1) is 14.2. The molecule has 2 aliphatic rings. The fraction of sp³-hybridized carbons (Fsp3) is 0.286. The molecule has 1 aromatic heterocycles. The molecule has 0 spiro atoms. The molecular weight excluding hydrogens is 377 g/mol. The molecule has 0 N–H and O–H groups in total. The molecule has 0 bridgehead atoms. The zero-order chi connectivity index (χ0) is 19.8. The number of aromatic nitrogens is 2. The van der Waals surface area contributed by atoms with Crippen LogP contribution in [0.2, 0.25) is 0 Å². The van der Waals surface area contributed by atoms with Gasteiger partial charge in [-0.25, -0.2) is 4.39 Å². The summed E-state index contributed by atoms with van der Waals surface area (Å²) in [6, 6.07) is 11.3. The molecule has 1 saturated heterocycles. The molecule has 3 aromatic rings. The number of fused-ring (bicyclic) bond motifs is 1. The van der Waals surface area contributed by atoms with Crippen molar-refractivity contribution in [2.24, 2.45) is 0 Å². The number of amides is 1. The predicted molar refractivity (Wildman–Crippen MR) is 100 cm³/mol. The number of hydrogen-bond acceptors (Lipinski definition) is 6. The normalized spacial score (nSPS) is 16.2. The van der Waals surface area contributed by atoms with Gasteiger partial charge in [0.1, 0.15) is 5.82 Å². The van der Waals surface area contributed by atoms with E-state index in [1.807, 2.05) is 18.2 Å². The topological polar surface area (TPSA) is 77.7 Å². The Balaban J connectivity index is 1.25. The third-order valence-electron chi connectivity index (χ3n) is 5.28. The highest BCUT2D eigenvalue weighted by Crippen LogP contribution is 2.36. The van der Waals surface area contributed by atoms with Crippen LogP contribution >= 0.6 is 0 Å². The number of likely N-dealkylation sites (tertiary alicyclic amines) is 1. The van der Waals surface area contributed by atoms with Crippen LogP contribution in [-0.2, 0) is 0 Å². The Hall–Kier alpha value is -3.42. The smallest absolute Gasteiger partial charge is 0.253 e. The average molecular weight is 395 g/mol. The van der Waals surface area contributed by atoms with Gasteiger partial charge in [-0.1, -0.05) is 11.2 Å². The Labute approximate surface area is 166 Å². The Bertz CT molecular complexity index is 1060. The highest BCUT2D eigenvalue weighted by molar-refractivity contribution is 5.94. The van der Waals surface area contributed by atoms with Crippen LogP contribution in [0.4, 0.5) is 4.39 Å². The lowest BCUT2D eigenvalue weighted by atomic mass is 9.96. The van der Waals surface area contributed by atoms with Crippen molar-refractivity contribution in [3.8, 4) is 22.9 Å². The van der Waals surface area contributed by atoms with Crippen molar-refractivity contribution in [3.63, 3.8) is 0 Å². The highest BCUT2D eigenvalue weighted by Gasteiger charge is 2.28. The van der Waals surface area contributed by atoms with Crippen LogP contribution in [0.15, 0.2) is 47.0 Å². The number of ether oxygens (including phenoxy) is 2. The van der Waals surface area contributed by atoms with Gasteiger partial charge >= 0.3 is 0 Å². The fourth-order valence-electron chi connectivity index (χ4n) is 3.69. The van der Waals surface area contributed by atoms with Gasteiger partial charge < -0.3 is 18.9 Å². The van der Waals surface area contributed by atoms with E-state index < -0.39 is 5.82 Å². The van der Waals surface area contributed by atoms with Crippen molar-refractivity contribution < 1.29 is 23.2 Å². The molecular formula is C21H18FN3O4. The number of halogens is 1. The largest absolute Gasteiger partial charge is 0.454 e. The molecule has 0 atom stereocenters. The van der Waals surface area contributed by atoms with Gasteiger partial charge in [-0.3, -0.25) is 4.79 Å². The Morgan fingerprint density at radius 3 is 2.72 bits per heavy atom. The highest BCUT2D eigenvalue weighted by atomic mass is 19.1. The molecule has 29 heavy (non-hydrogen) atoms. The second kappa shape index (κ2) is 7.20. The predicted octanol–water partition coefficient (Wildman–Crippen LogP) is 3.62. The van der Waals surface area contributed by atoms with Crippen molar-refractivity contribution in [1.82, 2.24) is 15.0 Å². The quantitative estimate of drug-likeness (QED) is 0.674. The van der Waals surface area contributed by atoms with Crippen molar-refractivity contribution in [2.45, 2.75) is 18.8 Å². The van der Waals surface area contributed by atoms with Crippen LogP contribution in [0.25, 0.3) is 11.4 Å². The van der Waals surface area contributed by atoms with E-state index in [9.17, 15) is 9.18 Å². The van der Waals surface area contributed by atoms with Crippen molar-refractivity contribution in [2.75, 3.05) is 19.9 Å². The number of hydrogen-bond donors (Lipinski definition) is 0. The van der Waals surface area contributed by atoms with Gasteiger partial charge in [0, 0.05) is 30.1 Å². The molecule has 8 heteroatoms. The minimum absolute atomic E-state index is 0.0850. The number of benzene rings is 2. The molecule has 3 heterocycles. The van der Waals surface area contributed by atoms with E-state index in [1.165, 1.54) is 12.1 Å². The van der Waals surface area contributed by atoms with E-state index in [1.54, 1.807) is 17.0 Å². The van der Waals surface area contributed by atoms with E-state index >= 15 is 0 Å². The summed E-state index contributed by atoms with van der Waals surface area (Å²) in [4.78, 5) is 18.8. The SMILES string of the molecule is O=C(c1cccc(F)c1)N1CCC(c2nc(-c3ccc4c(c3)OCO4)no2)CC1. The first-order valence-corrected chi connectivity index (χ1v) is 9.46. The number of nitrogens with zero attached hydrogens (tertiary/aromatic N) is 3. The molecule has 0 aliphatic carbocycles. The number of carbonyl (C=O) groups excluding carboxylic acids is 1. The van der Waals surface area contributed by atoms with Gasteiger partial charge in [0.15, 0.2) is 11.5 Å². The van der Waals surface area contributed by atoms with Crippen LogP contribution in [0.1, 0.15) is 35.0 Å². The lowest BCUT2D eigenvalue weighted by molar-refractivity contribution is 0.0704. The molecule has 1 fully saturated rings. The monoisotopic (exact) mass is 395 g/mol. The van der Waals surface area contributed by atoms with Gasteiger partial charge in [0.25, 0.3) is 5.91 Å². The van der Waals surface area contributed by atoms with Crippen molar-refractivity contribution in [1.29, 1.82) is 0 Å². The Morgan fingerprint density at radius 1 is 1.07 bits per heavy atom. The molecule has 148 valence electrons. The van der Waals surface area contributed by atoms with E-state index in [-0.39, 0.29) is 18.6 Å². The van der Waals surface area contributed by atoms with Crippen molar-refractivity contribution >= 4 is 5.91 Å². The third-order valence-corrected chi connectivity index (χ3v) is 5.28. The summed E-state index contributed by atoms with van der Waals surface area (Å²) < 4.78 is 29.6. The fourth-order valence-corrected chi connectivity index (χ4v) is 3.69. The van der Waals surface area contributed by atoms with Crippen LogP contribution in [-0.4, -0.2) is 40.8 Å². The molecule has 2 aromatic carbocycles. The summed E-state index contributed by atoms with van der Waals surface area (Å²) in [5.41, 5.74) is 1.16. The summed E-state index contributed by atoms with van der Waals surface area (Å²) in [6.45, 7) is 1.33. The van der Waals surface area contributed by atoms with E-state index in [0.29, 0.717) is 54.7 Å². The maximum atomic E-state index is 13.4. The number of rotatable bonds is 3. The van der Waals surface area contributed by atoms with E-state index in [2.05, 4.69) is 10.1 Å². The summed E-state index contributed by atoms with van der Waals surface area (Å²) in [5.74, 6) is 1.95. The van der Waals surface area contributed by atoms with Gasteiger partial charge in [0.05, 0.1) is 0 Å². The van der Waals surface area contributed by atoms with Crippen LogP contribution in [0.5, 0.6) is 11.5 Å². The second-order valence-electron chi connectivity index (χ2n) is 7.10. The summed E-state index contributed by atoms with van der Waals surface area (Å²) in [5, 5.41) is 4.09. The lowest BCUT2D eigenvalue weighted by Gasteiger charge is -2.30. The summed E-state index contributed by atoms with van der Waals surface area (Å²) >= 11 is 0. The first kappa shape index (κ1) is 17.7. The maximum absolute atomic E-state index is 13.4. The van der Waals surface area contributed by atoms with E-state index in [0.717, 1.165) is 5.56 Å². The summed E-state index contributed by atoms with van der Waals surface area (Å²) in [7, 11) is 0. The number of piperidine rings is 1. The van der Waals surface area contributed by atoms with Crippen molar-refractivity contribution in [3.05, 3.63) is 59.7 Å². The summed E-state index contributed by atoms with van der Waals surface area (Å²) in [6.07, 6.45) is 1.42. The lowest BCUT2D eigenvalue weighted by Crippen LogP contribution is -2.38. The minimum atomic E-state index is -0.410. The maximum Gasteiger partial charge on any atom is 0.253 e.